The summed E-state index contributed by atoms with van der Waals surface area (Å²) < 4.78 is 12.1. The second-order valence-corrected chi connectivity index (χ2v) is 8.64. The summed E-state index contributed by atoms with van der Waals surface area (Å²) in [5.41, 5.74) is 0. The monoisotopic (exact) mass is 386 g/mol. The van der Waals surface area contributed by atoms with Crippen LogP contribution < -0.4 is 0 Å². The molecule has 0 aromatic rings. The molecule has 3 saturated heterocycles. The van der Waals surface area contributed by atoms with Crippen molar-refractivity contribution >= 4 is 31.9 Å². The van der Waals surface area contributed by atoms with Gasteiger partial charge in [-0.25, -0.2) is 0 Å². The zero-order chi connectivity index (χ0) is 13.4. The van der Waals surface area contributed by atoms with Gasteiger partial charge in [-0.05, 0) is 12.5 Å². The molecular weight excluding hydrogens is 372 g/mol. The zero-order valence-corrected chi connectivity index (χ0v) is 13.9. The molecule has 0 N–H and O–H groups in total. The number of hydrogen-bond donors (Lipinski definition) is 0. The van der Waals surface area contributed by atoms with Crippen molar-refractivity contribution in [3.05, 3.63) is 12.2 Å². The smallest absolute Gasteiger partial charge is 0.144 e. The molecule has 3 aliphatic heterocycles. The Bertz CT molecular complexity index is 497. The van der Waals surface area contributed by atoms with Crippen LogP contribution in [0.25, 0.3) is 0 Å². The Morgan fingerprint density at radius 3 is 2.89 bits per heavy atom. The lowest BCUT2D eigenvalue weighted by atomic mass is 9.77. The highest BCUT2D eigenvalue weighted by Crippen LogP contribution is 2.73. The normalized spacial score (nSPS) is 61.2. The standard InChI is InChI=1S/C15H16Br2O2/c1-3-5-6-8-11-9-7-10-13(18-9)12(11)15(17,19-10)14(8,16)4-2/h1,5-6,8-13H,4,7H2,2H3/b6-5-/t8-,9?,10?,11?,12?,13?,14-,15-/m1/s1. The van der Waals surface area contributed by atoms with E-state index in [0.717, 1.165) is 12.8 Å². The van der Waals surface area contributed by atoms with Gasteiger partial charge in [0, 0.05) is 24.2 Å². The topological polar surface area (TPSA) is 18.5 Å². The van der Waals surface area contributed by atoms with Crippen molar-refractivity contribution < 1.29 is 9.47 Å². The molecule has 0 spiro atoms. The van der Waals surface area contributed by atoms with Crippen LogP contribution in [0.15, 0.2) is 12.2 Å². The quantitative estimate of drug-likeness (QED) is 0.534. The molecule has 0 aromatic heterocycles. The number of hydrogen-bond acceptors (Lipinski definition) is 2. The van der Waals surface area contributed by atoms with E-state index in [2.05, 4.69) is 50.8 Å². The average molecular weight is 388 g/mol. The minimum Gasteiger partial charge on any atom is -0.371 e. The summed E-state index contributed by atoms with van der Waals surface area (Å²) in [6.45, 7) is 2.21. The highest BCUT2D eigenvalue weighted by atomic mass is 79.9. The molecule has 0 aromatic carbocycles. The number of ether oxygens (including phenoxy) is 2. The second-order valence-electron chi connectivity index (χ2n) is 6.05. The molecule has 102 valence electrons. The first-order valence-corrected chi connectivity index (χ1v) is 8.49. The van der Waals surface area contributed by atoms with Gasteiger partial charge in [-0.3, -0.25) is 0 Å². The van der Waals surface area contributed by atoms with Gasteiger partial charge in [0.15, 0.2) is 0 Å². The number of allylic oxidation sites excluding steroid dienone is 2. The minimum atomic E-state index is -0.316. The lowest BCUT2D eigenvalue weighted by Crippen LogP contribution is -2.47. The second kappa shape index (κ2) is 3.88. The molecule has 4 aliphatic rings. The van der Waals surface area contributed by atoms with E-state index in [9.17, 15) is 0 Å². The van der Waals surface area contributed by atoms with Gasteiger partial charge in [0.25, 0.3) is 0 Å². The summed E-state index contributed by atoms with van der Waals surface area (Å²) in [6, 6.07) is 0. The number of halogens is 2. The van der Waals surface area contributed by atoms with Gasteiger partial charge in [0.2, 0.25) is 0 Å². The number of fused-ring (bicyclic) bond motifs is 2. The summed E-state index contributed by atoms with van der Waals surface area (Å²) in [7, 11) is 0. The van der Waals surface area contributed by atoms with Gasteiger partial charge >= 0.3 is 0 Å². The summed E-state index contributed by atoms with van der Waals surface area (Å²) in [5.74, 6) is 3.92. The van der Waals surface area contributed by atoms with Crippen LogP contribution >= 0.6 is 31.9 Å². The summed E-state index contributed by atoms with van der Waals surface area (Å²) in [6.07, 6.45) is 12.3. The van der Waals surface area contributed by atoms with E-state index in [1.165, 1.54) is 0 Å². The third kappa shape index (κ3) is 1.27. The molecule has 19 heavy (non-hydrogen) atoms. The largest absolute Gasteiger partial charge is 0.371 e. The van der Waals surface area contributed by atoms with E-state index in [1.807, 2.05) is 6.08 Å². The van der Waals surface area contributed by atoms with Crippen molar-refractivity contribution in [2.45, 2.75) is 46.9 Å². The first-order valence-electron chi connectivity index (χ1n) is 6.90. The van der Waals surface area contributed by atoms with E-state index in [-0.39, 0.29) is 21.0 Å². The Morgan fingerprint density at radius 2 is 2.21 bits per heavy atom. The third-order valence-corrected chi connectivity index (χ3v) is 9.17. The van der Waals surface area contributed by atoms with Crippen LogP contribution in [0.3, 0.4) is 0 Å². The fraction of sp³-hybridized carbons (Fsp3) is 0.733. The first kappa shape index (κ1) is 12.9. The van der Waals surface area contributed by atoms with E-state index in [1.54, 1.807) is 0 Å². The lowest BCUT2D eigenvalue weighted by Gasteiger charge is -2.40. The zero-order valence-electron chi connectivity index (χ0n) is 10.7. The van der Waals surface area contributed by atoms with Crippen molar-refractivity contribution in [2.75, 3.05) is 0 Å². The summed E-state index contributed by atoms with van der Waals surface area (Å²) in [5, 5.41) is 0. The first-order chi connectivity index (χ1) is 9.06. The Morgan fingerprint density at radius 1 is 1.42 bits per heavy atom. The number of terminal acetylenes is 1. The molecule has 4 fully saturated rings. The van der Waals surface area contributed by atoms with Gasteiger partial charge in [-0.15, -0.1) is 6.42 Å². The Balaban J connectivity index is 1.85. The van der Waals surface area contributed by atoms with Gasteiger partial charge in [0.05, 0.1) is 22.6 Å². The molecule has 2 bridgehead atoms. The molecule has 5 unspecified atom stereocenters. The molecule has 4 heteroatoms. The molecule has 1 aliphatic carbocycles. The van der Waals surface area contributed by atoms with Gasteiger partial charge in [0.1, 0.15) is 4.51 Å². The predicted molar refractivity (Wildman–Crippen MR) is 80.2 cm³/mol. The molecular formula is C15H16Br2O2. The Kier molecular flexibility index (Phi) is 2.63. The summed E-state index contributed by atoms with van der Waals surface area (Å²) in [4.78, 5) is 0. The van der Waals surface area contributed by atoms with Crippen LogP contribution in [0.5, 0.6) is 0 Å². The van der Waals surface area contributed by atoms with E-state index in [0.29, 0.717) is 23.9 Å². The Hall–Kier alpha value is 0.180. The van der Waals surface area contributed by atoms with Crippen LogP contribution in [-0.2, 0) is 9.47 Å². The molecule has 3 heterocycles. The molecule has 0 amide bonds. The highest BCUT2D eigenvalue weighted by molar-refractivity contribution is 9.13. The minimum absolute atomic E-state index is 0.0991. The maximum absolute atomic E-state index is 6.39. The maximum Gasteiger partial charge on any atom is 0.144 e. The fourth-order valence-electron chi connectivity index (χ4n) is 4.87. The van der Waals surface area contributed by atoms with Gasteiger partial charge < -0.3 is 9.47 Å². The maximum atomic E-state index is 6.39. The van der Waals surface area contributed by atoms with Gasteiger partial charge in [-0.2, -0.15) is 0 Å². The van der Waals surface area contributed by atoms with Crippen molar-refractivity contribution in [3.63, 3.8) is 0 Å². The van der Waals surface area contributed by atoms with Crippen LogP contribution in [-0.4, -0.2) is 27.1 Å². The van der Waals surface area contributed by atoms with Crippen LogP contribution in [0, 0.1) is 30.1 Å². The van der Waals surface area contributed by atoms with Crippen LogP contribution in [0.1, 0.15) is 19.8 Å². The molecule has 4 rings (SSSR count). The average Bonchev–Trinajstić information content (AvgIpc) is 3.03. The van der Waals surface area contributed by atoms with Crippen molar-refractivity contribution in [3.8, 4) is 12.3 Å². The van der Waals surface area contributed by atoms with Crippen molar-refractivity contribution in [1.29, 1.82) is 0 Å². The number of alkyl halides is 2. The van der Waals surface area contributed by atoms with E-state index < -0.39 is 0 Å². The lowest BCUT2D eigenvalue weighted by molar-refractivity contribution is 0.000337. The molecule has 0 radical (unpaired) electrons. The van der Waals surface area contributed by atoms with Crippen LogP contribution in [0.4, 0.5) is 0 Å². The number of rotatable bonds is 2. The van der Waals surface area contributed by atoms with Crippen molar-refractivity contribution in [2.24, 2.45) is 17.8 Å². The SMILES string of the molecule is C#C/C=C\[C@@H]1C2C3CC4O[C@](Br)(C2C4O3)[C@@]1(Br)CC. The molecule has 1 saturated carbocycles. The van der Waals surface area contributed by atoms with Crippen LogP contribution in [0.2, 0.25) is 0 Å². The third-order valence-electron chi connectivity index (χ3n) is 5.54. The molecule has 2 nitrogen and oxygen atoms in total. The van der Waals surface area contributed by atoms with E-state index >= 15 is 0 Å². The Labute approximate surface area is 130 Å². The van der Waals surface area contributed by atoms with E-state index in [4.69, 9.17) is 15.9 Å². The van der Waals surface area contributed by atoms with Crippen molar-refractivity contribution in [1.82, 2.24) is 0 Å². The summed E-state index contributed by atoms with van der Waals surface area (Å²) >= 11 is 7.95. The predicted octanol–water partition coefficient (Wildman–Crippen LogP) is 3.24. The molecule has 8 atom stereocenters. The highest BCUT2D eigenvalue weighted by Gasteiger charge is 2.80. The fourth-order valence-corrected chi connectivity index (χ4v) is 7.04. The van der Waals surface area contributed by atoms with Gasteiger partial charge in [-0.1, -0.05) is 50.8 Å².